The van der Waals surface area contributed by atoms with E-state index in [9.17, 15) is 13.2 Å². The number of rotatable bonds is 4. The van der Waals surface area contributed by atoms with Crippen LogP contribution in [0.25, 0.3) is 0 Å². The summed E-state index contributed by atoms with van der Waals surface area (Å²) in [4.78, 5) is 14.2. The van der Waals surface area contributed by atoms with Crippen molar-refractivity contribution in [2.24, 2.45) is 0 Å². The topological polar surface area (TPSA) is 86.4 Å². The molecule has 1 aliphatic rings. The van der Waals surface area contributed by atoms with Crippen LogP contribution in [0.5, 0.6) is 0 Å². The van der Waals surface area contributed by atoms with Crippen LogP contribution >= 0.6 is 11.6 Å². The summed E-state index contributed by atoms with van der Waals surface area (Å²) in [5.41, 5.74) is 2.00. The van der Waals surface area contributed by atoms with Gasteiger partial charge in [0.05, 0.1) is 17.6 Å². The number of fused-ring (bicyclic) bond motifs is 1. The van der Waals surface area contributed by atoms with Crippen molar-refractivity contribution in [3.63, 3.8) is 0 Å². The first-order valence-corrected chi connectivity index (χ1v) is 9.20. The van der Waals surface area contributed by atoms with E-state index in [1.807, 2.05) is 0 Å². The van der Waals surface area contributed by atoms with Gasteiger partial charge in [-0.1, -0.05) is 11.6 Å². The number of nitrogens with zero attached hydrogens (tertiary/aromatic N) is 3. The fourth-order valence-electron chi connectivity index (χ4n) is 2.60. The van der Waals surface area contributed by atoms with E-state index in [0.29, 0.717) is 24.5 Å². The van der Waals surface area contributed by atoms with Gasteiger partial charge in [0.1, 0.15) is 0 Å². The number of halogens is 1. The Labute approximate surface area is 145 Å². The molecule has 0 saturated carbocycles. The molecule has 0 spiro atoms. The Bertz CT molecular complexity index is 848. The molecule has 128 valence electrons. The van der Waals surface area contributed by atoms with Gasteiger partial charge in [0, 0.05) is 42.8 Å². The molecular formula is C15H17ClN4O3S. The van der Waals surface area contributed by atoms with Crippen molar-refractivity contribution in [3.05, 3.63) is 46.7 Å². The second-order valence-electron chi connectivity index (χ2n) is 5.65. The molecule has 0 fully saturated rings. The van der Waals surface area contributed by atoms with Crippen molar-refractivity contribution in [1.82, 2.24) is 19.4 Å². The van der Waals surface area contributed by atoms with Gasteiger partial charge in [-0.25, -0.2) is 8.42 Å². The van der Waals surface area contributed by atoms with Crippen LogP contribution < -0.4 is 0 Å². The van der Waals surface area contributed by atoms with Gasteiger partial charge in [0.15, 0.2) is 0 Å². The molecule has 3 rings (SSSR count). The number of H-pyrrole nitrogens is 1. The summed E-state index contributed by atoms with van der Waals surface area (Å²) >= 11 is 5.78. The number of carbonyl (C=O) groups excluding carboxylic acids is 1. The molecule has 1 aliphatic heterocycles. The second kappa shape index (κ2) is 6.54. The Hall–Kier alpha value is -1.90. The van der Waals surface area contributed by atoms with E-state index >= 15 is 0 Å². The van der Waals surface area contributed by atoms with Crippen LogP contribution in [-0.2, 0) is 27.8 Å². The molecule has 7 nitrogen and oxygen atoms in total. The van der Waals surface area contributed by atoms with Crippen molar-refractivity contribution in [2.45, 2.75) is 17.9 Å². The highest BCUT2D eigenvalue weighted by Crippen LogP contribution is 2.19. The zero-order chi connectivity index (χ0) is 17.3. The zero-order valence-electron chi connectivity index (χ0n) is 13.1. The number of aromatic nitrogens is 2. The summed E-state index contributed by atoms with van der Waals surface area (Å²) in [6.07, 6.45) is 2.39. The second-order valence-corrected chi connectivity index (χ2v) is 8.14. The molecule has 0 saturated heterocycles. The van der Waals surface area contributed by atoms with Crippen LogP contribution in [-0.4, -0.2) is 53.9 Å². The van der Waals surface area contributed by atoms with Crippen LogP contribution in [0.15, 0.2) is 35.4 Å². The van der Waals surface area contributed by atoms with Gasteiger partial charge in [0.25, 0.3) is 0 Å². The first-order chi connectivity index (χ1) is 11.4. The highest BCUT2D eigenvalue weighted by molar-refractivity contribution is 7.89. The van der Waals surface area contributed by atoms with E-state index in [-0.39, 0.29) is 17.3 Å². The summed E-state index contributed by atoms with van der Waals surface area (Å²) < 4.78 is 26.1. The van der Waals surface area contributed by atoms with Gasteiger partial charge in [-0.15, -0.1) is 0 Å². The van der Waals surface area contributed by atoms with Crippen molar-refractivity contribution in [1.29, 1.82) is 0 Å². The Morgan fingerprint density at radius 1 is 1.38 bits per heavy atom. The predicted octanol–water partition coefficient (Wildman–Crippen LogP) is 1.27. The van der Waals surface area contributed by atoms with Crippen molar-refractivity contribution < 1.29 is 13.2 Å². The third-order valence-electron chi connectivity index (χ3n) is 4.03. The molecule has 1 aromatic carbocycles. The average molecular weight is 369 g/mol. The molecule has 0 bridgehead atoms. The molecule has 2 heterocycles. The van der Waals surface area contributed by atoms with E-state index < -0.39 is 10.0 Å². The average Bonchev–Trinajstić information content (AvgIpc) is 3.02. The van der Waals surface area contributed by atoms with Gasteiger partial charge in [0.2, 0.25) is 15.9 Å². The number of amides is 1. The summed E-state index contributed by atoms with van der Waals surface area (Å²) in [7, 11) is -2.33. The van der Waals surface area contributed by atoms with Crippen molar-refractivity contribution >= 4 is 27.5 Å². The lowest BCUT2D eigenvalue weighted by molar-refractivity contribution is -0.132. The molecule has 0 aliphatic carbocycles. The summed E-state index contributed by atoms with van der Waals surface area (Å²) in [6, 6.07) is 5.87. The Morgan fingerprint density at radius 2 is 2.08 bits per heavy atom. The molecule has 9 heteroatoms. The molecule has 1 aromatic heterocycles. The number of hydrogen-bond donors (Lipinski definition) is 1. The van der Waals surface area contributed by atoms with E-state index in [0.717, 1.165) is 15.6 Å². The predicted molar refractivity (Wildman–Crippen MR) is 89.0 cm³/mol. The molecule has 0 atom stereocenters. The maximum atomic E-state index is 12.5. The first kappa shape index (κ1) is 16.9. The standard InChI is InChI=1S/C15H17ClN4O3S/c1-19(24(22,23)13-4-2-12(16)3-5-13)10-15(21)20-7-6-14-11(9-20)8-17-18-14/h2-5,8H,6-7,9-10H2,1H3,(H,17,18). The van der Waals surface area contributed by atoms with Gasteiger partial charge in [-0.05, 0) is 24.3 Å². The van der Waals surface area contributed by atoms with Crippen LogP contribution in [0.1, 0.15) is 11.3 Å². The van der Waals surface area contributed by atoms with Crippen LogP contribution in [0.4, 0.5) is 0 Å². The van der Waals surface area contributed by atoms with Crippen molar-refractivity contribution in [2.75, 3.05) is 20.1 Å². The number of nitrogens with one attached hydrogen (secondary N) is 1. The maximum absolute atomic E-state index is 12.5. The SMILES string of the molecule is CN(CC(=O)N1CCc2[nH]ncc2C1)S(=O)(=O)c1ccc(Cl)cc1. The van der Waals surface area contributed by atoms with E-state index in [1.165, 1.54) is 31.3 Å². The van der Waals surface area contributed by atoms with Gasteiger partial charge in [-0.3, -0.25) is 9.89 Å². The Morgan fingerprint density at radius 3 is 2.79 bits per heavy atom. The van der Waals surface area contributed by atoms with Crippen LogP contribution in [0.3, 0.4) is 0 Å². The van der Waals surface area contributed by atoms with E-state index in [2.05, 4.69) is 10.2 Å². The van der Waals surface area contributed by atoms with E-state index in [1.54, 1.807) is 11.1 Å². The molecule has 2 aromatic rings. The number of benzene rings is 1. The number of likely N-dealkylation sites (N-methyl/N-ethyl adjacent to an activating group) is 1. The van der Waals surface area contributed by atoms with Crippen molar-refractivity contribution in [3.8, 4) is 0 Å². The van der Waals surface area contributed by atoms with Gasteiger partial charge < -0.3 is 4.90 Å². The Balaban J connectivity index is 1.69. The smallest absolute Gasteiger partial charge is 0.243 e. The number of sulfonamides is 1. The fraction of sp³-hybridized carbons (Fsp3) is 0.333. The Kier molecular flexibility index (Phi) is 4.62. The largest absolute Gasteiger partial charge is 0.337 e. The molecule has 0 unspecified atom stereocenters. The lowest BCUT2D eigenvalue weighted by Crippen LogP contribution is -2.43. The highest BCUT2D eigenvalue weighted by Gasteiger charge is 2.27. The van der Waals surface area contributed by atoms with Crippen LogP contribution in [0.2, 0.25) is 5.02 Å². The third kappa shape index (κ3) is 3.31. The minimum atomic E-state index is -3.73. The molecule has 1 amide bonds. The molecule has 0 radical (unpaired) electrons. The highest BCUT2D eigenvalue weighted by atomic mass is 35.5. The quantitative estimate of drug-likeness (QED) is 0.880. The molecule has 24 heavy (non-hydrogen) atoms. The number of aromatic amines is 1. The minimum absolute atomic E-state index is 0.109. The number of hydrogen-bond acceptors (Lipinski definition) is 4. The summed E-state index contributed by atoms with van der Waals surface area (Å²) in [5.74, 6) is -0.234. The van der Waals surface area contributed by atoms with Gasteiger partial charge in [-0.2, -0.15) is 9.40 Å². The maximum Gasteiger partial charge on any atom is 0.243 e. The normalized spacial score (nSPS) is 14.7. The lowest BCUT2D eigenvalue weighted by Gasteiger charge is -2.28. The fourth-order valence-corrected chi connectivity index (χ4v) is 3.84. The number of carbonyl (C=O) groups is 1. The molecular weight excluding hydrogens is 352 g/mol. The summed E-state index contributed by atoms with van der Waals surface area (Å²) in [6.45, 7) is 0.778. The zero-order valence-corrected chi connectivity index (χ0v) is 14.6. The molecule has 1 N–H and O–H groups in total. The first-order valence-electron chi connectivity index (χ1n) is 7.39. The summed E-state index contributed by atoms with van der Waals surface area (Å²) in [5, 5.41) is 7.32. The van der Waals surface area contributed by atoms with Crippen LogP contribution in [0, 0.1) is 0 Å². The third-order valence-corrected chi connectivity index (χ3v) is 6.10. The van der Waals surface area contributed by atoms with Gasteiger partial charge >= 0.3 is 0 Å². The lowest BCUT2D eigenvalue weighted by atomic mass is 10.1. The monoisotopic (exact) mass is 368 g/mol. The minimum Gasteiger partial charge on any atom is -0.337 e. The van der Waals surface area contributed by atoms with E-state index in [4.69, 9.17) is 11.6 Å².